The van der Waals surface area contributed by atoms with Crippen LogP contribution in [0.2, 0.25) is 0 Å². The summed E-state index contributed by atoms with van der Waals surface area (Å²) in [7, 11) is -2.57. The van der Waals surface area contributed by atoms with E-state index >= 15 is 0 Å². The molecule has 9 heteroatoms. The van der Waals surface area contributed by atoms with E-state index in [1.165, 1.54) is 37.8 Å². The molecule has 0 aliphatic heterocycles. The lowest BCUT2D eigenvalue weighted by Gasteiger charge is -2.12. The highest BCUT2D eigenvalue weighted by Crippen LogP contribution is 2.30. The van der Waals surface area contributed by atoms with Gasteiger partial charge in [-0.3, -0.25) is 4.98 Å². The third-order valence-corrected chi connectivity index (χ3v) is 5.90. The van der Waals surface area contributed by atoms with Gasteiger partial charge in [-0.2, -0.15) is 0 Å². The predicted octanol–water partition coefficient (Wildman–Crippen LogP) is 2.39. The van der Waals surface area contributed by atoms with Crippen LogP contribution in [0.15, 0.2) is 66.0 Å². The molecule has 0 atom stereocenters. The van der Waals surface area contributed by atoms with Crippen molar-refractivity contribution in [2.45, 2.75) is 18.0 Å². The van der Waals surface area contributed by atoms with Crippen LogP contribution in [0.4, 0.5) is 4.79 Å². The van der Waals surface area contributed by atoms with Gasteiger partial charge >= 0.3 is 6.09 Å². The maximum Gasteiger partial charge on any atom is 0.407 e. The van der Waals surface area contributed by atoms with Gasteiger partial charge in [0.1, 0.15) is 4.90 Å². The molecule has 0 saturated heterocycles. The van der Waals surface area contributed by atoms with Crippen molar-refractivity contribution < 1.29 is 23.4 Å². The van der Waals surface area contributed by atoms with Crippen molar-refractivity contribution in [1.82, 2.24) is 13.9 Å². The van der Waals surface area contributed by atoms with Gasteiger partial charge in [0, 0.05) is 31.2 Å². The minimum Gasteiger partial charge on any atom is -0.465 e. The molecule has 3 aromatic rings. The first-order valence-corrected chi connectivity index (χ1v) is 9.78. The van der Waals surface area contributed by atoms with Crippen LogP contribution in [0.25, 0.3) is 11.3 Å². The Morgan fingerprint density at radius 3 is 2.61 bits per heavy atom. The lowest BCUT2D eigenvalue weighted by atomic mass is 10.1. The van der Waals surface area contributed by atoms with Crippen LogP contribution in [0.3, 0.4) is 0 Å². The van der Waals surface area contributed by atoms with Crippen LogP contribution in [0, 0.1) is 0 Å². The molecule has 0 aliphatic carbocycles. The molecule has 0 spiro atoms. The number of benzene rings is 1. The van der Waals surface area contributed by atoms with E-state index in [1.54, 1.807) is 30.3 Å². The highest BCUT2D eigenvalue weighted by atomic mass is 32.2. The van der Waals surface area contributed by atoms with Gasteiger partial charge in [-0.05, 0) is 29.3 Å². The van der Waals surface area contributed by atoms with E-state index in [0.717, 1.165) is 8.87 Å². The Bertz CT molecular complexity index is 1090. The molecule has 8 nitrogen and oxygen atoms in total. The summed E-state index contributed by atoms with van der Waals surface area (Å²) in [4.78, 5) is 16.1. The predicted molar refractivity (Wildman–Crippen MR) is 102 cm³/mol. The zero-order chi connectivity index (χ0) is 20.3. The number of pyridine rings is 1. The molecular weight excluding hydrogens is 382 g/mol. The fourth-order valence-corrected chi connectivity index (χ4v) is 4.20. The molecule has 0 bridgehead atoms. The van der Waals surface area contributed by atoms with Crippen molar-refractivity contribution in [3.63, 3.8) is 0 Å². The van der Waals surface area contributed by atoms with Crippen LogP contribution >= 0.6 is 0 Å². The van der Waals surface area contributed by atoms with E-state index in [-0.39, 0.29) is 18.0 Å². The second kappa shape index (κ2) is 7.83. The smallest absolute Gasteiger partial charge is 0.407 e. The number of rotatable bonds is 6. The monoisotopic (exact) mass is 401 g/mol. The van der Waals surface area contributed by atoms with Crippen LogP contribution < -0.4 is 0 Å². The number of amides is 1. The number of hydrogen-bond donors (Lipinski definition) is 2. The quantitative estimate of drug-likeness (QED) is 0.656. The molecule has 3 rings (SSSR count). The van der Waals surface area contributed by atoms with E-state index in [1.807, 2.05) is 0 Å². The molecule has 2 N–H and O–H groups in total. The summed E-state index contributed by atoms with van der Waals surface area (Å²) in [5, 5.41) is 18.8. The van der Waals surface area contributed by atoms with Crippen molar-refractivity contribution in [3.05, 3.63) is 72.2 Å². The molecule has 146 valence electrons. The van der Waals surface area contributed by atoms with E-state index in [0.29, 0.717) is 22.4 Å². The standard InChI is InChI=1S/C19H19N3O5S/c1-21(19(24)25)11-14-9-18(17-7-3-2-5-15(17)13-23)22(12-14)28(26,27)16-6-4-8-20-10-16/h2-10,12,23H,11,13H2,1H3,(H,24,25). The van der Waals surface area contributed by atoms with E-state index < -0.39 is 16.1 Å². The Kier molecular flexibility index (Phi) is 5.48. The van der Waals surface area contributed by atoms with E-state index in [2.05, 4.69) is 4.98 Å². The molecule has 1 aromatic carbocycles. The summed E-state index contributed by atoms with van der Waals surface area (Å²) < 4.78 is 27.5. The number of aromatic nitrogens is 2. The van der Waals surface area contributed by atoms with Gasteiger partial charge in [0.15, 0.2) is 0 Å². The van der Waals surface area contributed by atoms with Crippen molar-refractivity contribution in [3.8, 4) is 11.3 Å². The van der Waals surface area contributed by atoms with Crippen molar-refractivity contribution in [2.24, 2.45) is 0 Å². The molecule has 0 radical (unpaired) electrons. The highest BCUT2D eigenvalue weighted by Gasteiger charge is 2.23. The fraction of sp³-hybridized carbons (Fsp3) is 0.158. The second-order valence-electron chi connectivity index (χ2n) is 6.18. The molecule has 0 unspecified atom stereocenters. The summed E-state index contributed by atoms with van der Waals surface area (Å²) in [6, 6.07) is 11.5. The third-order valence-electron chi connectivity index (χ3n) is 4.24. The number of carboxylic acid groups (broad SMARTS) is 1. The number of aliphatic hydroxyl groups excluding tert-OH is 1. The first kappa shape index (κ1) is 19.6. The number of nitrogens with zero attached hydrogens (tertiary/aromatic N) is 3. The van der Waals surface area contributed by atoms with Crippen molar-refractivity contribution in [1.29, 1.82) is 0 Å². The number of aliphatic hydroxyl groups is 1. The minimum absolute atomic E-state index is 0.00599. The average Bonchev–Trinajstić information content (AvgIpc) is 3.13. The Balaban J connectivity index is 2.20. The number of hydrogen-bond acceptors (Lipinski definition) is 5. The van der Waals surface area contributed by atoms with Gasteiger partial charge in [0.25, 0.3) is 10.0 Å². The lowest BCUT2D eigenvalue weighted by molar-refractivity contribution is 0.154. The SMILES string of the molecule is CN(Cc1cc(-c2ccccc2CO)n(S(=O)(=O)c2cccnc2)c1)C(=O)O. The van der Waals surface area contributed by atoms with Crippen molar-refractivity contribution in [2.75, 3.05) is 7.05 Å². The Hall–Kier alpha value is -3.17. The molecule has 0 fully saturated rings. The average molecular weight is 401 g/mol. The maximum absolute atomic E-state index is 13.2. The summed E-state index contributed by atoms with van der Waals surface area (Å²) in [5.74, 6) is 0. The van der Waals surface area contributed by atoms with Gasteiger partial charge < -0.3 is 15.1 Å². The van der Waals surface area contributed by atoms with E-state index in [9.17, 15) is 18.3 Å². The molecule has 2 aromatic heterocycles. The van der Waals surface area contributed by atoms with Crippen LogP contribution in [-0.2, 0) is 23.2 Å². The number of carbonyl (C=O) groups is 1. The second-order valence-corrected chi connectivity index (χ2v) is 7.99. The summed E-state index contributed by atoms with van der Waals surface area (Å²) in [5.41, 5.74) is 1.94. The Labute approximate surface area is 162 Å². The van der Waals surface area contributed by atoms with Gasteiger partial charge in [-0.25, -0.2) is 17.2 Å². The van der Waals surface area contributed by atoms with Gasteiger partial charge in [-0.15, -0.1) is 0 Å². The maximum atomic E-state index is 13.2. The first-order chi connectivity index (χ1) is 13.3. The lowest BCUT2D eigenvalue weighted by Crippen LogP contribution is -2.23. The highest BCUT2D eigenvalue weighted by molar-refractivity contribution is 7.90. The summed E-state index contributed by atoms with van der Waals surface area (Å²) >= 11 is 0. The third kappa shape index (κ3) is 3.75. The zero-order valence-electron chi connectivity index (χ0n) is 15.1. The van der Waals surface area contributed by atoms with Gasteiger partial charge in [-0.1, -0.05) is 24.3 Å². The minimum atomic E-state index is -3.97. The van der Waals surface area contributed by atoms with Crippen LogP contribution in [0.1, 0.15) is 11.1 Å². The summed E-state index contributed by atoms with van der Waals surface area (Å²) in [6.45, 7) is -0.252. The first-order valence-electron chi connectivity index (χ1n) is 8.34. The molecular formula is C19H19N3O5S. The zero-order valence-corrected chi connectivity index (χ0v) is 15.9. The Morgan fingerprint density at radius 2 is 1.96 bits per heavy atom. The van der Waals surface area contributed by atoms with Crippen LogP contribution in [-0.4, -0.2) is 45.6 Å². The molecule has 1 amide bonds. The molecule has 0 aliphatic rings. The molecule has 28 heavy (non-hydrogen) atoms. The van der Waals surface area contributed by atoms with Gasteiger partial charge in [0.05, 0.1) is 18.8 Å². The fourth-order valence-electron chi connectivity index (χ4n) is 2.84. The van der Waals surface area contributed by atoms with Gasteiger partial charge in [0.2, 0.25) is 0 Å². The molecule has 0 saturated carbocycles. The normalized spacial score (nSPS) is 11.4. The largest absolute Gasteiger partial charge is 0.465 e. The molecule has 2 heterocycles. The van der Waals surface area contributed by atoms with Crippen LogP contribution in [0.5, 0.6) is 0 Å². The van der Waals surface area contributed by atoms with Crippen molar-refractivity contribution >= 4 is 16.1 Å². The topological polar surface area (TPSA) is 113 Å². The Morgan fingerprint density at radius 1 is 1.21 bits per heavy atom. The van der Waals surface area contributed by atoms with E-state index in [4.69, 9.17) is 5.11 Å². The summed E-state index contributed by atoms with van der Waals surface area (Å²) in [6.07, 6.45) is 3.00.